The molecule has 2 unspecified atom stereocenters. The molecule has 1 saturated heterocycles. The minimum atomic E-state index is -0.574. The highest BCUT2D eigenvalue weighted by molar-refractivity contribution is 6.04. The summed E-state index contributed by atoms with van der Waals surface area (Å²) in [7, 11) is 0. The van der Waals surface area contributed by atoms with Crippen molar-refractivity contribution in [3.8, 4) is 0 Å². The summed E-state index contributed by atoms with van der Waals surface area (Å²) in [6.45, 7) is 10.8. The van der Waals surface area contributed by atoms with E-state index in [1.165, 1.54) is 0 Å². The molecule has 2 amide bonds. The van der Waals surface area contributed by atoms with Crippen LogP contribution in [0.2, 0.25) is 0 Å². The number of carbonyl (C=O) groups excluding carboxylic acids is 3. The van der Waals surface area contributed by atoms with Crippen LogP contribution >= 0.6 is 0 Å². The lowest BCUT2D eigenvalue weighted by atomic mass is 9.94. The molecule has 1 aromatic heterocycles. The van der Waals surface area contributed by atoms with E-state index in [2.05, 4.69) is 9.97 Å². The van der Waals surface area contributed by atoms with Gasteiger partial charge in [-0.1, -0.05) is 50.6 Å². The molecule has 1 aliphatic heterocycles. The summed E-state index contributed by atoms with van der Waals surface area (Å²) < 4.78 is 5.24. The average molecular weight is 481 g/mol. The minimum absolute atomic E-state index is 0.0774. The monoisotopic (exact) mass is 480 g/mol. The zero-order valence-corrected chi connectivity index (χ0v) is 21.4. The predicted octanol–water partition coefficient (Wildman–Crippen LogP) is 3.78. The Morgan fingerprint density at radius 3 is 2.40 bits per heavy atom. The SMILES string of the molecule is CCCc1nc(C)nc(C(=O)N2CCN(C(=O)C(CC)c3ccccc3)C(C)C2)c1C(=O)OCC. The molecule has 1 fully saturated rings. The Bertz CT molecular complexity index is 1060. The molecule has 8 nitrogen and oxygen atoms in total. The van der Waals surface area contributed by atoms with Crippen LogP contribution in [0.5, 0.6) is 0 Å². The standard InChI is InChI=1S/C27H36N4O4/c1-6-12-22-23(27(34)35-8-3)24(29-19(5)28-22)26(33)30-15-16-31(18(4)17-30)25(32)21(7-2)20-13-10-9-11-14-20/h9-11,13-14,18,21H,6-8,12,15-17H2,1-5H3. The third-order valence-electron chi connectivity index (χ3n) is 6.37. The third-order valence-corrected chi connectivity index (χ3v) is 6.37. The fourth-order valence-corrected chi connectivity index (χ4v) is 4.68. The molecular formula is C27H36N4O4. The Hall–Kier alpha value is -3.29. The van der Waals surface area contributed by atoms with Gasteiger partial charge in [0.05, 0.1) is 18.2 Å². The number of esters is 1. The van der Waals surface area contributed by atoms with Crippen LogP contribution in [-0.2, 0) is 16.0 Å². The van der Waals surface area contributed by atoms with Crippen molar-refractivity contribution in [2.75, 3.05) is 26.2 Å². The van der Waals surface area contributed by atoms with Crippen molar-refractivity contribution >= 4 is 17.8 Å². The Morgan fingerprint density at radius 2 is 1.80 bits per heavy atom. The molecule has 1 aliphatic rings. The number of rotatable bonds is 8. The van der Waals surface area contributed by atoms with Gasteiger partial charge in [0.15, 0.2) is 0 Å². The molecule has 188 valence electrons. The van der Waals surface area contributed by atoms with Gasteiger partial charge in [-0.3, -0.25) is 9.59 Å². The molecular weight excluding hydrogens is 444 g/mol. The summed E-state index contributed by atoms with van der Waals surface area (Å²) >= 11 is 0. The molecule has 0 radical (unpaired) electrons. The van der Waals surface area contributed by atoms with E-state index >= 15 is 0 Å². The predicted molar refractivity (Wildman–Crippen MR) is 133 cm³/mol. The van der Waals surface area contributed by atoms with E-state index in [4.69, 9.17) is 4.74 Å². The lowest BCUT2D eigenvalue weighted by Crippen LogP contribution is -2.56. The zero-order valence-electron chi connectivity index (χ0n) is 21.4. The second-order valence-electron chi connectivity index (χ2n) is 8.91. The number of ether oxygens (including phenoxy) is 1. The van der Waals surface area contributed by atoms with Crippen molar-refractivity contribution in [2.45, 2.75) is 65.8 Å². The van der Waals surface area contributed by atoms with E-state index in [-0.39, 0.29) is 41.6 Å². The topological polar surface area (TPSA) is 92.7 Å². The highest BCUT2D eigenvalue weighted by Gasteiger charge is 2.36. The van der Waals surface area contributed by atoms with E-state index < -0.39 is 5.97 Å². The first-order valence-corrected chi connectivity index (χ1v) is 12.5. The van der Waals surface area contributed by atoms with Crippen LogP contribution in [0.4, 0.5) is 0 Å². The zero-order chi connectivity index (χ0) is 25.5. The van der Waals surface area contributed by atoms with Gasteiger partial charge in [0.25, 0.3) is 5.91 Å². The van der Waals surface area contributed by atoms with Crippen LogP contribution in [0.3, 0.4) is 0 Å². The van der Waals surface area contributed by atoms with Crippen LogP contribution in [0.15, 0.2) is 30.3 Å². The molecule has 0 aliphatic carbocycles. The normalized spacial score (nSPS) is 16.7. The van der Waals surface area contributed by atoms with Crippen molar-refractivity contribution < 1.29 is 19.1 Å². The second-order valence-corrected chi connectivity index (χ2v) is 8.91. The second kappa shape index (κ2) is 11.9. The summed E-state index contributed by atoms with van der Waals surface area (Å²) in [4.78, 5) is 52.1. The number of hydrogen-bond donors (Lipinski definition) is 0. The van der Waals surface area contributed by atoms with Crippen LogP contribution in [0.1, 0.15) is 84.4 Å². The molecule has 3 rings (SSSR count). The molecule has 0 spiro atoms. The molecule has 35 heavy (non-hydrogen) atoms. The largest absolute Gasteiger partial charge is 0.462 e. The molecule has 8 heteroatoms. The van der Waals surface area contributed by atoms with Crippen LogP contribution in [0, 0.1) is 6.92 Å². The maximum absolute atomic E-state index is 13.6. The number of hydrogen-bond acceptors (Lipinski definition) is 6. The van der Waals surface area contributed by atoms with Gasteiger partial charge in [-0.15, -0.1) is 0 Å². The van der Waals surface area contributed by atoms with Gasteiger partial charge in [0.2, 0.25) is 5.91 Å². The summed E-state index contributed by atoms with van der Waals surface area (Å²) in [6, 6.07) is 9.64. The Balaban J connectivity index is 1.83. The van der Waals surface area contributed by atoms with Gasteiger partial charge in [-0.05, 0) is 39.2 Å². The van der Waals surface area contributed by atoms with Crippen LogP contribution < -0.4 is 0 Å². The van der Waals surface area contributed by atoms with Gasteiger partial charge in [0.1, 0.15) is 17.1 Å². The highest BCUT2D eigenvalue weighted by atomic mass is 16.5. The van der Waals surface area contributed by atoms with E-state index in [1.54, 1.807) is 18.7 Å². The number of benzene rings is 1. The number of piperazine rings is 1. The number of nitrogens with zero attached hydrogens (tertiary/aromatic N) is 4. The number of carbonyl (C=O) groups is 3. The first-order chi connectivity index (χ1) is 16.8. The van der Waals surface area contributed by atoms with Crippen LogP contribution in [0.25, 0.3) is 0 Å². The molecule has 2 aromatic rings. The lowest BCUT2D eigenvalue weighted by Gasteiger charge is -2.41. The Morgan fingerprint density at radius 1 is 1.09 bits per heavy atom. The van der Waals surface area contributed by atoms with E-state index in [9.17, 15) is 14.4 Å². The summed E-state index contributed by atoms with van der Waals surface area (Å²) in [5, 5.41) is 0. The lowest BCUT2D eigenvalue weighted by molar-refractivity contribution is -0.137. The number of aromatic nitrogens is 2. The maximum Gasteiger partial charge on any atom is 0.342 e. The van der Waals surface area contributed by atoms with Crippen molar-refractivity contribution in [3.63, 3.8) is 0 Å². The van der Waals surface area contributed by atoms with Gasteiger partial charge in [-0.2, -0.15) is 0 Å². The quantitative estimate of drug-likeness (QED) is 0.534. The fraction of sp³-hybridized carbons (Fsp3) is 0.519. The number of amides is 2. The molecule has 0 bridgehead atoms. The van der Waals surface area contributed by atoms with Crippen molar-refractivity contribution in [1.82, 2.24) is 19.8 Å². The summed E-state index contributed by atoms with van der Waals surface area (Å²) in [6.07, 6.45) is 2.03. The maximum atomic E-state index is 13.6. The highest BCUT2D eigenvalue weighted by Crippen LogP contribution is 2.25. The van der Waals surface area contributed by atoms with Crippen molar-refractivity contribution in [1.29, 1.82) is 0 Å². The smallest absolute Gasteiger partial charge is 0.342 e. The van der Waals surface area contributed by atoms with Gasteiger partial charge in [-0.25, -0.2) is 14.8 Å². The third kappa shape index (κ3) is 5.86. The molecule has 2 heterocycles. The van der Waals surface area contributed by atoms with Crippen molar-refractivity contribution in [3.05, 3.63) is 58.7 Å². The van der Waals surface area contributed by atoms with Gasteiger partial charge in [0, 0.05) is 25.7 Å². The van der Waals surface area contributed by atoms with Crippen LogP contribution in [-0.4, -0.2) is 69.8 Å². The van der Waals surface area contributed by atoms with Gasteiger partial charge < -0.3 is 14.5 Å². The van der Waals surface area contributed by atoms with E-state index in [0.29, 0.717) is 44.0 Å². The number of aryl methyl sites for hydroxylation is 2. The van der Waals surface area contributed by atoms with Gasteiger partial charge >= 0.3 is 5.97 Å². The Kier molecular flexibility index (Phi) is 8.95. The Labute approximate surface area is 207 Å². The van der Waals surface area contributed by atoms with E-state index in [1.807, 2.05) is 56.0 Å². The molecule has 2 atom stereocenters. The first-order valence-electron chi connectivity index (χ1n) is 12.5. The fourth-order valence-electron chi connectivity index (χ4n) is 4.68. The molecule has 0 N–H and O–H groups in total. The average Bonchev–Trinajstić information content (AvgIpc) is 2.84. The minimum Gasteiger partial charge on any atom is -0.462 e. The van der Waals surface area contributed by atoms with E-state index in [0.717, 1.165) is 12.0 Å². The summed E-state index contributed by atoms with van der Waals surface area (Å²) in [5.74, 6) is -0.591. The first kappa shape index (κ1) is 26.3. The summed E-state index contributed by atoms with van der Waals surface area (Å²) in [5.41, 5.74) is 1.79. The van der Waals surface area contributed by atoms with Crippen molar-refractivity contribution in [2.24, 2.45) is 0 Å². The molecule has 0 saturated carbocycles. The molecule has 1 aromatic carbocycles.